The van der Waals surface area contributed by atoms with E-state index in [0.717, 1.165) is 0 Å². The molecule has 0 spiro atoms. The van der Waals surface area contributed by atoms with Crippen molar-refractivity contribution < 1.29 is 14.8 Å². The molecule has 0 saturated carbocycles. The first-order chi connectivity index (χ1) is 8.54. The molecule has 1 heterocycles. The largest absolute Gasteiger partial charge is 0.395 e. The molecule has 94 valence electrons. The summed E-state index contributed by atoms with van der Waals surface area (Å²) in [5.74, 6) is -0.637. The summed E-state index contributed by atoms with van der Waals surface area (Å²) in [6.07, 6.45) is 0. The van der Waals surface area contributed by atoms with Gasteiger partial charge in [0.1, 0.15) is 5.69 Å². The normalized spacial score (nSPS) is 10.7. The van der Waals surface area contributed by atoms with Crippen LogP contribution in [0.25, 0.3) is 10.9 Å². The van der Waals surface area contributed by atoms with Crippen LogP contribution in [0.15, 0.2) is 24.3 Å². The van der Waals surface area contributed by atoms with Crippen LogP contribution in [0.5, 0.6) is 0 Å². The van der Waals surface area contributed by atoms with Crippen molar-refractivity contribution in [3.05, 3.63) is 40.1 Å². The molecule has 0 aliphatic rings. The van der Waals surface area contributed by atoms with Crippen molar-refractivity contribution in [2.24, 2.45) is 5.73 Å². The van der Waals surface area contributed by atoms with Gasteiger partial charge in [-0.3, -0.25) is 14.9 Å². The molecule has 0 aliphatic carbocycles. The third-order valence-electron chi connectivity index (χ3n) is 2.67. The second-order valence-corrected chi connectivity index (χ2v) is 3.77. The lowest BCUT2D eigenvalue weighted by molar-refractivity contribution is -0.384. The van der Waals surface area contributed by atoms with Crippen molar-refractivity contribution in [3.63, 3.8) is 0 Å². The van der Waals surface area contributed by atoms with Gasteiger partial charge < -0.3 is 15.4 Å². The second kappa shape index (κ2) is 4.46. The van der Waals surface area contributed by atoms with Crippen LogP contribution in [0.1, 0.15) is 10.5 Å². The number of carbonyl (C=O) groups is 1. The number of benzene rings is 1. The number of aliphatic hydroxyl groups excluding tert-OH is 1. The molecule has 0 radical (unpaired) electrons. The number of nitro groups is 1. The lowest BCUT2D eigenvalue weighted by Crippen LogP contribution is -2.17. The maximum Gasteiger partial charge on any atom is 0.270 e. The third-order valence-corrected chi connectivity index (χ3v) is 2.67. The van der Waals surface area contributed by atoms with Gasteiger partial charge >= 0.3 is 0 Å². The zero-order chi connectivity index (χ0) is 13.3. The van der Waals surface area contributed by atoms with Gasteiger partial charge in [0.15, 0.2) is 0 Å². The van der Waals surface area contributed by atoms with Crippen LogP contribution in [0, 0.1) is 10.1 Å². The van der Waals surface area contributed by atoms with Gasteiger partial charge in [-0.1, -0.05) is 0 Å². The van der Waals surface area contributed by atoms with Crippen LogP contribution in [-0.4, -0.2) is 27.1 Å². The third kappa shape index (κ3) is 1.91. The number of primary amides is 1. The maximum atomic E-state index is 11.3. The van der Waals surface area contributed by atoms with Crippen molar-refractivity contribution in [3.8, 4) is 0 Å². The van der Waals surface area contributed by atoms with Crippen LogP contribution in [-0.2, 0) is 6.54 Å². The predicted octanol–water partition coefficient (Wildman–Crippen LogP) is 0.641. The fourth-order valence-corrected chi connectivity index (χ4v) is 1.92. The van der Waals surface area contributed by atoms with Crippen LogP contribution in [0.4, 0.5) is 5.69 Å². The van der Waals surface area contributed by atoms with Gasteiger partial charge in [0.2, 0.25) is 0 Å². The van der Waals surface area contributed by atoms with Crippen LogP contribution >= 0.6 is 0 Å². The number of non-ortho nitro benzene ring substituents is 1. The van der Waals surface area contributed by atoms with Crippen molar-refractivity contribution in [2.45, 2.75) is 6.54 Å². The van der Waals surface area contributed by atoms with Crippen molar-refractivity contribution >= 4 is 22.5 Å². The van der Waals surface area contributed by atoms with Gasteiger partial charge in [0.25, 0.3) is 11.6 Å². The average molecular weight is 249 g/mol. The van der Waals surface area contributed by atoms with E-state index in [-0.39, 0.29) is 24.5 Å². The SMILES string of the molecule is NC(=O)c1cc2cc([N+](=O)[O-])ccc2n1CCO. The summed E-state index contributed by atoms with van der Waals surface area (Å²) in [6, 6.07) is 5.74. The van der Waals surface area contributed by atoms with Crippen LogP contribution < -0.4 is 5.73 Å². The molecule has 0 fully saturated rings. The molecule has 0 atom stereocenters. The Kier molecular flexibility index (Phi) is 2.99. The number of nitro benzene ring substituents is 1. The fourth-order valence-electron chi connectivity index (χ4n) is 1.92. The summed E-state index contributed by atoms with van der Waals surface area (Å²) < 4.78 is 1.54. The summed E-state index contributed by atoms with van der Waals surface area (Å²) in [4.78, 5) is 21.4. The van der Waals surface area contributed by atoms with Gasteiger partial charge in [-0.15, -0.1) is 0 Å². The number of nitrogens with two attached hydrogens (primary N) is 1. The molecule has 0 saturated heterocycles. The van der Waals surface area contributed by atoms with Crippen LogP contribution in [0.2, 0.25) is 0 Å². The number of fused-ring (bicyclic) bond motifs is 1. The van der Waals surface area contributed by atoms with Gasteiger partial charge in [-0.2, -0.15) is 0 Å². The Hall–Kier alpha value is -2.41. The number of aromatic nitrogens is 1. The average Bonchev–Trinajstić information content (AvgIpc) is 2.68. The topological polar surface area (TPSA) is 111 Å². The zero-order valence-corrected chi connectivity index (χ0v) is 9.37. The lowest BCUT2D eigenvalue weighted by Gasteiger charge is -2.05. The van der Waals surface area contributed by atoms with E-state index < -0.39 is 10.8 Å². The number of hydrogen-bond donors (Lipinski definition) is 2. The highest BCUT2D eigenvalue weighted by atomic mass is 16.6. The van der Waals surface area contributed by atoms with E-state index in [1.54, 1.807) is 4.57 Å². The Labute approximate surface area is 102 Å². The number of nitrogens with zero attached hydrogens (tertiary/aromatic N) is 2. The highest BCUT2D eigenvalue weighted by Gasteiger charge is 2.15. The monoisotopic (exact) mass is 249 g/mol. The molecule has 1 aromatic carbocycles. The van der Waals surface area contributed by atoms with Crippen molar-refractivity contribution in [1.29, 1.82) is 0 Å². The molecule has 7 nitrogen and oxygen atoms in total. The Morgan fingerprint density at radius 3 is 2.72 bits per heavy atom. The minimum atomic E-state index is -0.637. The first kappa shape index (κ1) is 12.1. The number of rotatable bonds is 4. The molecule has 2 rings (SSSR count). The number of hydrogen-bond acceptors (Lipinski definition) is 4. The van der Waals surface area contributed by atoms with Gasteiger partial charge in [-0.05, 0) is 12.1 Å². The van der Waals surface area contributed by atoms with Crippen molar-refractivity contribution in [1.82, 2.24) is 4.57 Å². The van der Waals surface area contributed by atoms with E-state index >= 15 is 0 Å². The zero-order valence-electron chi connectivity index (χ0n) is 9.37. The fraction of sp³-hybridized carbons (Fsp3) is 0.182. The molecular weight excluding hydrogens is 238 g/mol. The smallest absolute Gasteiger partial charge is 0.270 e. The molecule has 0 unspecified atom stereocenters. The van der Waals surface area contributed by atoms with Gasteiger partial charge in [0, 0.05) is 29.6 Å². The quantitative estimate of drug-likeness (QED) is 0.611. The van der Waals surface area contributed by atoms with E-state index in [4.69, 9.17) is 10.8 Å². The summed E-state index contributed by atoms with van der Waals surface area (Å²) in [6.45, 7) is 0.0562. The van der Waals surface area contributed by atoms with Crippen LogP contribution in [0.3, 0.4) is 0 Å². The number of amides is 1. The van der Waals surface area contributed by atoms with E-state index in [2.05, 4.69) is 0 Å². The minimum absolute atomic E-state index is 0.0559. The van der Waals surface area contributed by atoms with E-state index in [9.17, 15) is 14.9 Å². The molecule has 1 aromatic heterocycles. The summed E-state index contributed by atoms with van der Waals surface area (Å²) >= 11 is 0. The standard InChI is InChI=1S/C11H11N3O4/c12-11(16)10-6-7-5-8(14(17)18)1-2-9(7)13(10)3-4-15/h1-2,5-6,15H,3-4H2,(H2,12,16). The first-order valence-electron chi connectivity index (χ1n) is 5.23. The van der Waals surface area contributed by atoms with E-state index in [1.807, 2.05) is 0 Å². The molecule has 0 aliphatic heterocycles. The van der Waals surface area contributed by atoms with Gasteiger partial charge in [0.05, 0.1) is 11.5 Å². The van der Waals surface area contributed by atoms with E-state index in [0.29, 0.717) is 10.9 Å². The lowest BCUT2D eigenvalue weighted by atomic mass is 10.2. The molecule has 1 amide bonds. The molecule has 2 aromatic rings. The Morgan fingerprint density at radius 1 is 1.44 bits per heavy atom. The molecule has 0 bridgehead atoms. The summed E-state index contributed by atoms with van der Waals surface area (Å²) in [5, 5.41) is 20.2. The molecule has 7 heteroatoms. The molecular formula is C11H11N3O4. The highest BCUT2D eigenvalue weighted by Crippen LogP contribution is 2.24. The summed E-state index contributed by atoms with van der Waals surface area (Å²) in [7, 11) is 0. The Morgan fingerprint density at radius 2 is 2.17 bits per heavy atom. The first-order valence-corrected chi connectivity index (χ1v) is 5.23. The molecule has 18 heavy (non-hydrogen) atoms. The predicted molar refractivity (Wildman–Crippen MR) is 64.2 cm³/mol. The number of carbonyl (C=O) groups excluding carboxylic acids is 1. The second-order valence-electron chi connectivity index (χ2n) is 3.77. The highest BCUT2D eigenvalue weighted by molar-refractivity contribution is 5.98. The van der Waals surface area contributed by atoms with Gasteiger partial charge in [-0.25, -0.2) is 0 Å². The van der Waals surface area contributed by atoms with E-state index in [1.165, 1.54) is 24.3 Å². The minimum Gasteiger partial charge on any atom is -0.395 e. The summed E-state index contributed by atoms with van der Waals surface area (Å²) in [5.41, 5.74) is 6.03. The number of aliphatic hydroxyl groups is 1. The Balaban J connectivity index is 2.67. The molecule has 3 N–H and O–H groups in total. The Bertz CT molecular complexity index is 632. The van der Waals surface area contributed by atoms with Crippen molar-refractivity contribution in [2.75, 3.05) is 6.61 Å². The maximum absolute atomic E-state index is 11.3.